The number of hydrogen-bond donors (Lipinski definition) is 3. The molecular formula is C12H17N3O2. The van der Waals surface area contributed by atoms with E-state index in [1.807, 2.05) is 0 Å². The summed E-state index contributed by atoms with van der Waals surface area (Å²) in [6.45, 7) is 2.37. The zero-order chi connectivity index (χ0) is 12.4. The number of pyridine rings is 1. The standard InChI is InChI=1S/C12H17N3O2/c1-7-2-11(16)10(6-14-7)12(17)15-5-8-3-9(13)4-8/h2,6,8-9H,3-5,13H2,1H3,(H,14,16)(H,15,17). The van der Waals surface area contributed by atoms with Crippen molar-refractivity contribution in [3.05, 3.63) is 33.7 Å². The predicted octanol–water partition coefficient (Wildman–Crippen LogP) is 0.150. The quantitative estimate of drug-likeness (QED) is 0.697. The smallest absolute Gasteiger partial charge is 0.256 e. The van der Waals surface area contributed by atoms with Gasteiger partial charge in [0.1, 0.15) is 5.56 Å². The largest absolute Gasteiger partial charge is 0.364 e. The van der Waals surface area contributed by atoms with E-state index in [1.54, 1.807) is 6.92 Å². The van der Waals surface area contributed by atoms with Crippen LogP contribution < -0.4 is 16.5 Å². The van der Waals surface area contributed by atoms with E-state index in [4.69, 9.17) is 5.73 Å². The third kappa shape index (κ3) is 2.74. The second-order valence-electron chi connectivity index (χ2n) is 4.70. The van der Waals surface area contributed by atoms with Gasteiger partial charge >= 0.3 is 0 Å². The number of H-pyrrole nitrogens is 1. The lowest BCUT2D eigenvalue weighted by molar-refractivity contribution is 0.0934. The van der Waals surface area contributed by atoms with Crippen LogP contribution in [0.15, 0.2) is 17.1 Å². The van der Waals surface area contributed by atoms with Crippen molar-refractivity contribution in [3.63, 3.8) is 0 Å². The maximum Gasteiger partial charge on any atom is 0.256 e. The molecule has 1 heterocycles. The number of nitrogens with one attached hydrogen (secondary N) is 2. The van der Waals surface area contributed by atoms with Gasteiger partial charge in [-0.2, -0.15) is 0 Å². The van der Waals surface area contributed by atoms with Gasteiger partial charge in [0, 0.05) is 30.5 Å². The van der Waals surface area contributed by atoms with Crippen molar-refractivity contribution in [2.45, 2.75) is 25.8 Å². The third-order valence-corrected chi connectivity index (χ3v) is 3.13. The van der Waals surface area contributed by atoms with Gasteiger partial charge in [0.05, 0.1) is 0 Å². The van der Waals surface area contributed by atoms with E-state index in [9.17, 15) is 9.59 Å². The maximum atomic E-state index is 11.7. The van der Waals surface area contributed by atoms with E-state index in [0.717, 1.165) is 18.5 Å². The van der Waals surface area contributed by atoms with Gasteiger partial charge in [-0.05, 0) is 25.7 Å². The molecule has 5 heteroatoms. The van der Waals surface area contributed by atoms with Crippen LogP contribution in [0.5, 0.6) is 0 Å². The molecule has 0 unspecified atom stereocenters. The Bertz CT molecular complexity index is 475. The Kier molecular flexibility index (Phi) is 3.28. The highest BCUT2D eigenvalue weighted by Gasteiger charge is 2.26. The summed E-state index contributed by atoms with van der Waals surface area (Å²) in [5, 5.41) is 2.77. The summed E-state index contributed by atoms with van der Waals surface area (Å²) in [6, 6.07) is 1.70. The van der Waals surface area contributed by atoms with Crippen LogP contribution in [0.3, 0.4) is 0 Å². The van der Waals surface area contributed by atoms with Crippen LogP contribution in [-0.2, 0) is 0 Å². The average Bonchev–Trinajstić information content (AvgIpc) is 2.22. The molecule has 0 radical (unpaired) electrons. The molecule has 1 fully saturated rings. The highest BCUT2D eigenvalue weighted by Crippen LogP contribution is 2.24. The molecule has 0 bridgehead atoms. The van der Waals surface area contributed by atoms with E-state index < -0.39 is 0 Å². The first-order chi connectivity index (χ1) is 8.06. The van der Waals surface area contributed by atoms with Crippen molar-refractivity contribution in [3.8, 4) is 0 Å². The lowest BCUT2D eigenvalue weighted by Gasteiger charge is -2.32. The Hall–Kier alpha value is -1.62. The Morgan fingerprint density at radius 1 is 1.59 bits per heavy atom. The van der Waals surface area contributed by atoms with E-state index >= 15 is 0 Å². The number of aryl methyl sites for hydroxylation is 1. The number of aromatic nitrogens is 1. The monoisotopic (exact) mass is 235 g/mol. The third-order valence-electron chi connectivity index (χ3n) is 3.13. The van der Waals surface area contributed by atoms with E-state index in [1.165, 1.54) is 12.3 Å². The maximum absolute atomic E-state index is 11.7. The van der Waals surface area contributed by atoms with Crippen molar-refractivity contribution in [2.24, 2.45) is 11.7 Å². The number of carbonyl (C=O) groups excluding carboxylic acids is 1. The molecule has 0 aromatic carbocycles. The van der Waals surface area contributed by atoms with Gasteiger partial charge in [0.2, 0.25) is 0 Å². The molecule has 0 saturated heterocycles. The molecule has 1 aromatic rings. The number of hydrogen-bond acceptors (Lipinski definition) is 3. The molecule has 0 atom stereocenters. The molecule has 1 aliphatic carbocycles. The molecule has 1 saturated carbocycles. The van der Waals surface area contributed by atoms with Crippen molar-refractivity contribution in [2.75, 3.05) is 6.54 Å². The van der Waals surface area contributed by atoms with Gasteiger partial charge in [-0.15, -0.1) is 0 Å². The van der Waals surface area contributed by atoms with Gasteiger partial charge < -0.3 is 16.0 Å². The minimum Gasteiger partial charge on any atom is -0.364 e. The molecule has 0 aliphatic heterocycles. The van der Waals surface area contributed by atoms with Gasteiger partial charge in [-0.25, -0.2) is 0 Å². The Morgan fingerprint density at radius 2 is 2.29 bits per heavy atom. The lowest BCUT2D eigenvalue weighted by Crippen LogP contribution is -2.43. The Morgan fingerprint density at radius 3 is 2.88 bits per heavy atom. The molecule has 4 N–H and O–H groups in total. The van der Waals surface area contributed by atoms with Crippen LogP contribution in [0.4, 0.5) is 0 Å². The summed E-state index contributed by atoms with van der Waals surface area (Å²) in [7, 11) is 0. The number of carbonyl (C=O) groups is 1. The second kappa shape index (κ2) is 4.71. The number of rotatable bonds is 3. The fraction of sp³-hybridized carbons (Fsp3) is 0.500. The van der Waals surface area contributed by atoms with Crippen molar-refractivity contribution in [1.29, 1.82) is 0 Å². The predicted molar refractivity (Wildman–Crippen MR) is 64.8 cm³/mol. The first-order valence-corrected chi connectivity index (χ1v) is 5.79. The summed E-state index contributed by atoms with van der Waals surface area (Å²) < 4.78 is 0. The van der Waals surface area contributed by atoms with Gasteiger partial charge in [0.15, 0.2) is 5.43 Å². The highest BCUT2D eigenvalue weighted by molar-refractivity contribution is 5.93. The van der Waals surface area contributed by atoms with Crippen LogP contribution in [0.2, 0.25) is 0 Å². The highest BCUT2D eigenvalue weighted by atomic mass is 16.2. The van der Waals surface area contributed by atoms with Crippen molar-refractivity contribution in [1.82, 2.24) is 10.3 Å². The number of aromatic amines is 1. The average molecular weight is 235 g/mol. The van der Waals surface area contributed by atoms with Gasteiger partial charge in [-0.1, -0.05) is 0 Å². The lowest BCUT2D eigenvalue weighted by atomic mass is 9.81. The van der Waals surface area contributed by atoms with Crippen molar-refractivity contribution >= 4 is 5.91 Å². The van der Waals surface area contributed by atoms with Crippen molar-refractivity contribution < 1.29 is 4.79 Å². The molecule has 1 aromatic heterocycles. The first-order valence-electron chi connectivity index (χ1n) is 5.79. The van der Waals surface area contributed by atoms with Crippen LogP contribution in [0, 0.1) is 12.8 Å². The normalized spacial score (nSPS) is 22.9. The summed E-state index contributed by atoms with van der Waals surface area (Å²) >= 11 is 0. The molecule has 0 spiro atoms. The van der Waals surface area contributed by atoms with Crippen LogP contribution in [-0.4, -0.2) is 23.5 Å². The molecule has 2 rings (SSSR count). The van der Waals surface area contributed by atoms with Gasteiger partial charge in [0.25, 0.3) is 5.91 Å². The Balaban J connectivity index is 1.93. The van der Waals surface area contributed by atoms with E-state index in [0.29, 0.717) is 12.5 Å². The summed E-state index contributed by atoms with van der Waals surface area (Å²) in [5.41, 5.74) is 6.33. The minimum atomic E-state index is -0.313. The summed E-state index contributed by atoms with van der Waals surface area (Å²) in [6.07, 6.45) is 3.36. The summed E-state index contributed by atoms with van der Waals surface area (Å²) in [5.74, 6) is 0.144. The fourth-order valence-electron chi connectivity index (χ4n) is 2.04. The number of amides is 1. The second-order valence-corrected chi connectivity index (χ2v) is 4.70. The van der Waals surface area contributed by atoms with Gasteiger partial charge in [-0.3, -0.25) is 9.59 Å². The topological polar surface area (TPSA) is 88.0 Å². The zero-order valence-electron chi connectivity index (χ0n) is 9.82. The van der Waals surface area contributed by atoms with Crippen LogP contribution >= 0.6 is 0 Å². The molecule has 92 valence electrons. The fourth-order valence-corrected chi connectivity index (χ4v) is 2.04. The molecule has 5 nitrogen and oxygen atoms in total. The van der Waals surface area contributed by atoms with E-state index in [-0.39, 0.29) is 22.9 Å². The molecule has 1 amide bonds. The van der Waals surface area contributed by atoms with Crippen LogP contribution in [0.1, 0.15) is 28.9 Å². The van der Waals surface area contributed by atoms with E-state index in [2.05, 4.69) is 10.3 Å². The summed E-state index contributed by atoms with van der Waals surface area (Å²) in [4.78, 5) is 26.2. The molecular weight excluding hydrogens is 218 g/mol. The Labute approximate surface area is 99.4 Å². The minimum absolute atomic E-state index is 0.166. The van der Waals surface area contributed by atoms with Crippen LogP contribution in [0.25, 0.3) is 0 Å². The SMILES string of the molecule is Cc1cc(=O)c(C(=O)NCC2CC(N)C2)c[nH]1. The zero-order valence-corrected chi connectivity index (χ0v) is 9.82. The molecule has 17 heavy (non-hydrogen) atoms. The number of nitrogens with two attached hydrogens (primary N) is 1. The molecule has 1 aliphatic rings. The first kappa shape index (κ1) is 11.9.